The number of nitrogens with one attached hydrogen (secondary N) is 2. The van der Waals surface area contributed by atoms with Crippen LogP contribution in [0.5, 0.6) is 0 Å². The highest BCUT2D eigenvalue weighted by molar-refractivity contribution is 6.76. The van der Waals surface area contributed by atoms with Gasteiger partial charge in [0.2, 0.25) is 0 Å². The number of amides is 2. The summed E-state index contributed by atoms with van der Waals surface area (Å²) < 4.78 is 31.8. The number of aromatic nitrogens is 3. The number of rotatable bonds is 8. The average Bonchev–Trinajstić information content (AvgIpc) is 3.10. The van der Waals surface area contributed by atoms with E-state index in [0.717, 1.165) is 6.04 Å². The van der Waals surface area contributed by atoms with Gasteiger partial charge in [0.15, 0.2) is 5.82 Å². The molecule has 0 aliphatic rings. The number of alkyl halides is 2. The van der Waals surface area contributed by atoms with Crippen LogP contribution in [0.25, 0.3) is 11.5 Å². The number of pyridine rings is 1. The van der Waals surface area contributed by atoms with Crippen LogP contribution in [0.3, 0.4) is 0 Å². The Kier molecular flexibility index (Phi) is 7.35. The van der Waals surface area contributed by atoms with Crippen LogP contribution in [-0.2, 0) is 16.3 Å². The van der Waals surface area contributed by atoms with Gasteiger partial charge in [-0.3, -0.25) is 25.4 Å². The third-order valence-electron chi connectivity index (χ3n) is 3.69. The molecule has 0 aliphatic heterocycles. The molecule has 0 aromatic carbocycles. The van der Waals surface area contributed by atoms with Gasteiger partial charge in [-0.05, 0) is 18.2 Å². The van der Waals surface area contributed by atoms with Gasteiger partial charge in [-0.1, -0.05) is 19.6 Å². The number of halogens is 2. The number of hydrogen-bond donors (Lipinski definition) is 2. The maximum Gasteiger partial charge on any atom is 0.317 e. The first-order chi connectivity index (χ1) is 13.2. The molecule has 2 aromatic heterocycles. The molecule has 2 N–H and O–H groups in total. The Morgan fingerprint density at radius 3 is 2.64 bits per heavy atom. The van der Waals surface area contributed by atoms with E-state index in [1.54, 1.807) is 22.4 Å². The first-order valence-electron chi connectivity index (χ1n) is 8.61. The lowest BCUT2D eigenvalue weighted by atomic mass is 10.2. The van der Waals surface area contributed by atoms with Gasteiger partial charge in [0.1, 0.15) is 12.4 Å². The first-order valence-corrected chi connectivity index (χ1v) is 12.3. The van der Waals surface area contributed by atoms with Crippen molar-refractivity contribution in [2.75, 3.05) is 6.61 Å². The molecule has 0 radical (unpaired) electrons. The van der Waals surface area contributed by atoms with Crippen LogP contribution in [0.4, 0.5) is 8.78 Å². The third-order valence-corrected chi connectivity index (χ3v) is 5.40. The zero-order valence-corrected chi connectivity index (χ0v) is 16.9. The Bertz CT molecular complexity index is 823. The van der Waals surface area contributed by atoms with E-state index in [1.807, 2.05) is 5.43 Å². The van der Waals surface area contributed by atoms with Gasteiger partial charge >= 0.3 is 12.3 Å². The monoisotopic (exact) mass is 411 g/mol. The van der Waals surface area contributed by atoms with Crippen LogP contribution in [0.1, 0.15) is 10.4 Å². The second kappa shape index (κ2) is 9.51. The van der Waals surface area contributed by atoms with E-state index < -0.39 is 26.3 Å². The lowest BCUT2D eigenvalue weighted by Gasteiger charge is -2.16. The Morgan fingerprint density at radius 1 is 1.21 bits per heavy atom. The van der Waals surface area contributed by atoms with Crippen molar-refractivity contribution in [1.82, 2.24) is 25.4 Å². The van der Waals surface area contributed by atoms with Gasteiger partial charge in [-0.25, -0.2) is 4.98 Å². The van der Waals surface area contributed by atoms with Crippen LogP contribution in [-0.4, -0.2) is 47.5 Å². The molecule has 0 aliphatic carbocycles. The molecular weight excluding hydrogens is 388 g/mol. The molecule has 0 unspecified atom stereocenters. The van der Waals surface area contributed by atoms with Gasteiger partial charge in [0.25, 0.3) is 5.91 Å². The fourth-order valence-corrected chi connectivity index (χ4v) is 2.88. The summed E-state index contributed by atoms with van der Waals surface area (Å²) in [6.07, 6.45) is 1.50. The molecule has 8 nitrogen and oxygen atoms in total. The fraction of sp³-hybridized carbons (Fsp3) is 0.412. The maximum atomic E-state index is 12.2. The Balaban J connectivity index is 2.03. The van der Waals surface area contributed by atoms with Crippen molar-refractivity contribution >= 4 is 19.9 Å². The highest BCUT2D eigenvalue weighted by Crippen LogP contribution is 2.17. The SMILES string of the molecule is C[Si](C)(C)CCOCn1ccnc1-c1cc(C(=O)NNC(=O)C(F)F)ccn1. The number of carbonyl (C=O) groups is 2. The third kappa shape index (κ3) is 6.50. The van der Waals surface area contributed by atoms with Crippen molar-refractivity contribution in [1.29, 1.82) is 0 Å². The Labute approximate surface area is 162 Å². The number of hydrazine groups is 1. The van der Waals surface area contributed by atoms with E-state index in [1.165, 1.54) is 18.3 Å². The van der Waals surface area contributed by atoms with E-state index in [9.17, 15) is 18.4 Å². The van der Waals surface area contributed by atoms with Crippen molar-refractivity contribution in [3.63, 3.8) is 0 Å². The second-order valence-electron chi connectivity index (χ2n) is 7.24. The van der Waals surface area contributed by atoms with Gasteiger partial charge in [0, 0.05) is 38.8 Å². The van der Waals surface area contributed by atoms with Crippen LogP contribution >= 0.6 is 0 Å². The van der Waals surface area contributed by atoms with Crippen LogP contribution in [0, 0.1) is 0 Å². The quantitative estimate of drug-likeness (QED) is 0.395. The summed E-state index contributed by atoms with van der Waals surface area (Å²) >= 11 is 0. The molecule has 0 fully saturated rings. The summed E-state index contributed by atoms with van der Waals surface area (Å²) in [7, 11) is -1.18. The zero-order chi connectivity index (χ0) is 20.7. The second-order valence-corrected chi connectivity index (χ2v) is 12.9. The molecule has 28 heavy (non-hydrogen) atoms. The van der Waals surface area contributed by atoms with Crippen molar-refractivity contribution in [2.45, 2.75) is 38.8 Å². The normalized spacial score (nSPS) is 11.5. The largest absolute Gasteiger partial charge is 0.361 e. The highest BCUT2D eigenvalue weighted by atomic mass is 28.3. The van der Waals surface area contributed by atoms with Crippen molar-refractivity contribution in [2.24, 2.45) is 0 Å². The molecule has 2 heterocycles. The van der Waals surface area contributed by atoms with Crippen LogP contribution in [0.2, 0.25) is 25.7 Å². The van der Waals surface area contributed by atoms with Gasteiger partial charge in [-0.15, -0.1) is 0 Å². The molecule has 2 rings (SSSR count). The van der Waals surface area contributed by atoms with Gasteiger partial charge in [0.05, 0.1) is 0 Å². The molecule has 0 bridgehead atoms. The minimum atomic E-state index is -3.22. The first kappa shape index (κ1) is 21.6. The number of hydrogen-bond acceptors (Lipinski definition) is 5. The summed E-state index contributed by atoms with van der Waals surface area (Å²) in [6, 6.07) is 3.88. The number of imidazole rings is 1. The molecule has 0 atom stereocenters. The van der Waals surface area contributed by atoms with E-state index in [0.29, 0.717) is 24.9 Å². The lowest BCUT2D eigenvalue weighted by Crippen LogP contribution is -2.44. The van der Waals surface area contributed by atoms with E-state index in [2.05, 4.69) is 29.6 Å². The van der Waals surface area contributed by atoms with E-state index in [4.69, 9.17) is 4.74 Å². The molecule has 0 saturated heterocycles. The fourth-order valence-electron chi connectivity index (χ4n) is 2.13. The van der Waals surface area contributed by atoms with Crippen molar-refractivity contribution in [3.05, 3.63) is 36.3 Å². The summed E-state index contributed by atoms with van der Waals surface area (Å²) in [4.78, 5) is 31.3. The van der Waals surface area contributed by atoms with Crippen LogP contribution < -0.4 is 10.9 Å². The standard InChI is InChI=1S/C17H23F2N5O3Si/c1-28(2,3)9-8-27-11-24-7-6-21-15(24)13-10-12(4-5-20-13)16(25)22-23-17(26)14(18)19/h4-7,10,14H,8-9,11H2,1-3H3,(H,22,25)(H,23,26). The summed E-state index contributed by atoms with van der Waals surface area (Å²) in [6.45, 7) is 7.74. The predicted octanol–water partition coefficient (Wildman–Crippen LogP) is 2.28. The van der Waals surface area contributed by atoms with Crippen LogP contribution in [0.15, 0.2) is 30.7 Å². The topological polar surface area (TPSA) is 98.1 Å². The molecule has 2 amide bonds. The van der Waals surface area contributed by atoms with Gasteiger partial charge < -0.3 is 9.30 Å². The molecule has 11 heteroatoms. The smallest absolute Gasteiger partial charge is 0.317 e. The van der Waals surface area contributed by atoms with E-state index >= 15 is 0 Å². The maximum absolute atomic E-state index is 12.2. The van der Waals surface area contributed by atoms with E-state index in [-0.39, 0.29) is 5.56 Å². The molecule has 0 saturated carbocycles. The molecule has 2 aromatic rings. The number of carbonyl (C=O) groups excluding carboxylic acids is 2. The molecule has 152 valence electrons. The minimum absolute atomic E-state index is 0.133. The predicted molar refractivity (Wildman–Crippen MR) is 101 cm³/mol. The average molecular weight is 411 g/mol. The van der Waals surface area contributed by atoms with Gasteiger partial charge in [-0.2, -0.15) is 8.78 Å². The summed E-state index contributed by atoms with van der Waals surface area (Å²) in [5.41, 5.74) is 4.12. The van der Waals surface area contributed by atoms with Crippen molar-refractivity contribution in [3.8, 4) is 11.5 Å². The minimum Gasteiger partial charge on any atom is -0.361 e. The zero-order valence-electron chi connectivity index (χ0n) is 15.9. The summed E-state index contributed by atoms with van der Waals surface area (Å²) in [5.74, 6) is -1.84. The highest BCUT2D eigenvalue weighted by Gasteiger charge is 2.17. The molecular formula is C17H23F2N5O3Si. The molecule has 0 spiro atoms. The Hall–Kier alpha value is -2.66. The number of nitrogens with zero attached hydrogens (tertiary/aromatic N) is 3. The summed E-state index contributed by atoms with van der Waals surface area (Å²) in [5, 5.41) is 0. The Morgan fingerprint density at radius 2 is 1.96 bits per heavy atom. The number of ether oxygens (including phenoxy) is 1. The van der Waals surface area contributed by atoms with Crippen molar-refractivity contribution < 1.29 is 23.1 Å². The lowest BCUT2D eigenvalue weighted by molar-refractivity contribution is -0.132.